The van der Waals surface area contributed by atoms with Crippen molar-refractivity contribution in [3.8, 4) is 0 Å². The van der Waals surface area contributed by atoms with Gasteiger partial charge in [-0.15, -0.1) is 11.3 Å². The molecule has 2 aromatic rings. The first-order valence-corrected chi connectivity index (χ1v) is 7.92. The third-order valence-corrected chi connectivity index (χ3v) is 5.46. The first-order valence-electron chi connectivity index (χ1n) is 5.18. The van der Waals surface area contributed by atoms with Gasteiger partial charge >= 0.3 is 0 Å². The van der Waals surface area contributed by atoms with Crippen LogP contribution in [-0.4, -0.2) is 8.42 Å². The predicted molar refractivity (Wildman–Crippen MR) is 74.4 cm³/mol. The number of sulfonamides is 1. The fraction of sp³-hybridized carbons (Fsp3) is 0.0909. The van der Waals surface area contributed by atoms with Gasteiger partial charge in [-0.1, -0.05) is 11.6 Å². The van der Waals surface area contributed by atoms with Crippen molar-refractivity contribution in [3.63, 3.8) is 0 Å². The maximum absolute atomic E-state index is 13.0. The van der Waals surface area contributed by atoms with Crippen molar-refractivity contribution in [1.82, 2.24) is 0 Å². The largest absolute Gasteiger partial charge is 0.326 e. The molecule has 0 spiro atoms. The quantitative estimate of drug-likeness (QED) is 0.910. The molecule has 102 valence electrons. The molecule has 0 unspecified atom stereocenters. The van der Waals surface area contributed by atoms with Crippen LogP contribution in [-0.2, 0) is 16.6 Å². The second kappa shape index (κ2) is 5.46. The van der Waals surface area contributed by atoms with Crippen LogP contribution in [0.2, 0.25) is 5.02 Å². The number of nitrogens with one attached hydrogen (secondary N) is 1. The summed E-state index contributed by atoms with van der Waals surface area (Å²) in [7, 11) is -3.70. The first-order chi connectivity index (χ1) is 8.92. The van der Waals surface area contributed by atoms with Gasteiger partial charge in [-0.2, -0.15) is 0 Å². The number of hydrogen-bond acceptors (Lipinski definition) is 4. The van der Waals surface area contributed by atoms with Crippen molar-refractivity contribution in [2.45, 2.75) is 10.8 Å². The molecule has 1 heterocycles. The van der Waals surface area contributed by atoms with Gasteiger partial charge in [0.1, 0.15) is 10.0 Å². The Balaban J connectivity index is 2.28. The van der Waals surface area contributed by atoms with E-state index in [1.54, 1.807) is 5.38 Å². The third-order valence-electron chi connectivity index (χ3n) is 2.30. The van der Waals surface area contributed by atoms with Crippen LogP contribution in [0.4, 0.5) is 10.1 Å². The molecule has 8 heteroatoms. The van der Waals surface area contributed by atoms with E-state index in [9.17, 15) is 12.8 Å². The number of benzene rings is 1. The summed E-state index contributed by atoms with van der Waals surface area (Å²) in [5.41, 5.74) is 6.37. The van der Waals surface area contributed by atoms with E-state index in [0.717, 1.165) is 23.0 Å². The maximum atomic E-state index is 13.0. The summed E-state index contributed by atoms with van der Waals surface area (Å²) in [5.74, 6) is -0.605. The van der Waals surface area contributed by atoms with Gasteiger partial charge in [0.25, 0.3) is 10.0 Å². The Morgan fingerprint density at radius 2 is 2.11 bits per heavy atom. The number of nitrogens with two attached hydrogens (primary N) is 1. The molecule has 0 radical (unpaired) electrons. The second-order valence-electron chi connectivity index (χ2n) is 3.71. The predicted octanol–water partition coefficient (Wildman–Crippen LogP) is 2.80. The molecule has 0 saturated carbocycles. The Hall–Kier alpha value is -1.15. The molecule has 4 nitrogen and oxygen atoms in total. The number of halogens is 2. The molecule has 0 saturated heterocycles. The standard InChI is InChI=1S/C11H10ClFN2O2S2/c12-9-4-8(1-2-10(9)13)15-19(16,17)11-3-7(5-14)6-18-11/h1-4,6,15H,5,14H2. The lowest BCUT2D eigenvalue weighted by Crippen LogP contribution is -2.11. The lowest BCUT2D eigenvalue weighted by atomic mass is 10.3. The van der Waals surface area contributed by atoms with Crippen LogP contribution in [0.5, 0.6) is 0 Å². The van der Waals surface area contributed by atoms with Crippen molar-refractivity contribution in [2.75, 3.05) is 4.72 Å². The number of anilines is 1. The van der Waals surface area contributed by atoms with E-state index in [-0.39, 0.29) is 21.5 Å². The SMILES string of the molecule is NCc1csc(S(=O)(=O)Nc2ccc(F)c(Cl)c2)c1. The molecule has 1 aromatic carbocycles. The highest BCUT2D eigenvalue weighted by atomic mass is 35.5. The third kappa shape index (κ3) is 3.24. The zero-order chi connectivity index (χ0) is 14.0. The van der Waals surface area contributed by atoms with Crippen LogP contribution in [0.15, 0.2) is 33.9 Å². The van der Waals surface area contributed by atoms with E-state index in [4.69, 9.17) is 17.3 Å². The van der Waals surface area contributed by atoms with E-state index < -0.39 is 15.8 Å². The van der Waals surface area contributed by atoms with Crippen LogP contribution >= 0.6 is 22.9 Å². The minimum Gasteiger partial charge on any atom is -0.326 e. The van der Waals surface area contributed by atoms with Gasteiger partial charge in [-0.05, 0) is 35.2 Å². The lowest BCUT2D eigenvalue weighted by molar-refractivity contribution is 0.603. The average Bonchev–Trinajstić information content (AvgIpc) is 2.83. The van der Waals surface area contributed by atoms with Gasteiger partial charge < -0.3 is 5.73 Å². The maximum Gasteiger partial charge on any atom is 0.271 e. The molecule has 0 aliphatic heterocycles. The molecule has 0 bridgehead atoms. The summed E-state index contributed by atoms with van der Waals surface area (Å²) in [6, 6.07) is 5.11. The van der Waals surface area contributed by atoms with E-state index in [0.29, 0.717) is 0 Å². The molecular weight excluding hydrogens is 311 g/mol. The molecule has 0 fully saturated rings. The van der Waals surface area contributed by atoms with E-state index in [1.807, 2.05) is 0 Å². The van der Waals surface area contributed by atoms with Crippen LogP contribution in [0, 0.1) is 5.82 Å². The zero-order valence-corrected chi connectivity index (χ0v) is 11.9. The summed E-state index contributed by atoms with van der Waals surface area (Å²) in [6.07, 6.45) is 0. The average molecular weight is 321 g/mol. The van der Waals surface area contributed by atoms with Crippen LogP contribution < -0.4 is 10.5 Å². The summed E-state index contributed by atoms with van der Waals surface area (Å²) in [4.78, 5) is 0. The van der Waals surface area contributed by atoms with Crippen LogP contribution in [0.3, 0.4) is 0 Å². The monoisotopic (exact) mass is 320 g/mol. The highest BCUT2D eigenvalue weighted by Gasteiger charge is 2.17. The lowest BCUT2D eigenvalue weighted by Gasteiger charge is -2.06. The Morgan fingerprint density at radius 1 is 1.37 bits per heavy atom. The van der Waals surface area contributed by atoms with Gasteiger partial charge in [0, 0.05) is 6.54 Å². The highest BCUT2D eigenvalue weighted by molar-refractivity contribution is 7.94. The summed E-state index contributed by atoms with van der Waals surface area (Å²) in [6.45, 7) is 0.272. The number of thiophene rings is 1. The topological polar surface area (TPSA) is 72.2 Å². The van der Waals surface area contributed by atoms with Gasteiger partial charge in [0.05, 0.1) is 10.7 Å². The zero-order valence-electron chi connectivity index (χ0n) is 9.56. The van der Waals surface area contributed by atoms with E-state index >= 15 is 0 Å². The molecule has 1 aromatic heterocycles. The first kappa shape index (κ1) is 14.3. The molecule has 3 N–H and O–H groups in total. The Kier molecular flexibility index (Phi) is 4.10. The summed E-state index contributed by atoms with van der Waals surface area (Å²) < 4.78 is 39.6. The Morgan fingerprint density at radius 3 is 2.68 bits per heavy atom. The van der Waals surface area contributed by atoms with Gasteiger partial charge in [-0.3, -0.25) is 4.72 Å². The number of rotatable bonds is 4. The summed E-state index contributed by atoms with van der Waals surface area (Å²) in [5, 5.41) is 1.53. The number of hydrogen-bond donors (Lipinski definition) is 2. The van der Waals surface area contributed by atoms with E-state index in [1.165, 1.54) is 18.2 Å². The molecule has 0 amide bonds. The van der Waals surface area contributed by atoms with Crippen molar-refractivity contribution in [1.29, 1.82) is 0 Å². The van der Waals surface area contributed by atoms with Crippen molar-refractivity contribution >= 4 is 38.6 Å². The second-order valence-corrected chi connectivity index (χ2v) is 6.94. The molecule has 0 aliphatic carbocycles. The fourth-order valence-electron chi connectivity index (χ4n) is 1.37. The molecule has 19 heavy (non-hydrogen) atoms. The van der Waals surface area contributed by atoms with Crippen molar-refractivity contribution in [3.05, 3.63) is 46.0 Å². The summed E-state index contributed by atoms with van der Waals surface area (Å²) >= 11 is 6.66. The van der Waals surface area contributed by atoms with Crippen molar-refractivity contribution in [2.24, 2.45) is 5.73 Å². The highest BCUT2D eigenvalue weighted by Crippen LogP contribution is 2.25. The van der Waals surface area contributed by atoms with Gasteiger partial charge in [0.2, 0.25) is 0 Å². The normalized spacial score (nSPS) is 11.5. The van der Waals surface area contributed by atoms with E-state index in [2.05, 4.69) is 4.72 Å². The van der Waals surface area contributed by atoms with Crippen LogP contribution in [0.25, 0.3) is 0 Å². The van der Waals surface area contributed by atoms with Crippen molar-refractivity contribution < 1.29 is 12.8 Å². The van der Waals surface area contributed by atoms with Gasteiger partial charge in [-0.25, -0.2) is 12.8 Å². The fourth-order valence-corrected chi connectivity index (χ4v) is 3.82. The Bertz CT molecular complexity index is 700. The smallest absolute Gasteiger partial charge is 0.271 e. The minimum atomic E-state index is -3.70. The molecular formula is C11H10ClFN2O2S2. The van der Waals surface area contributed by atoms with Gasteiger partial charge in [0.15, 0.2) is 0 Å². The Labute approximate surface area is 119 Å². The molecule has 2 rings (SSSR count). The minimum absolute atomic E-state index is 0.144. The molecule has 0 atom stereocenters. The van der Waals surface area contributed by atoms with Crippen LogP contribution in [0.1, 0.15) is 5.56 Å². The molecule has 0 aliphatic rings.